The van der Waals surface area contributed by atoms with Crippen LogP contribution >= 0.6 is 0 Å². The Kier molecular flexibility index (Phi) is 8.31. The number of hydrogen-bond donors (Lipinski definition) is 4. The third-order valence-electron chi connectivity index (χ3n) is 8.12. The van der Waals surface area contributed by atoms with Crippen LogP contribution in [0, 0.1) is 0 Å². The van der Waals surface area contributed by atoms with Crippen LogP contribution in [-0.2, 0) is 10.8 Å². The first kappa shape index (κ1) is 27.1. The van der Waals surface area contributed by atoms with Crippen LogP contribution in [0.5, 0.6) is 23.0 Å². The largest absolute Gasteiger partial charge is 0.508 e. The van der Waals surface area contributed by atoms with Gasteiger partial charge < -0.3 is 20.4 Å². The summed E-state index contributed by atoms with van der Waals surface area (Å²) < 4.78 is 0. The van der Waals surface area contributed by atoms with Crippen molar-refractivity contribution in [2.24, 2.45) is 0 Å². The lowest BCUT2D eigenvalue weighted by molar-refractivity contribution is 0.441. The van der Waals surface area contributed by atoms with E-state index in [0.717, 1.165) is 60.8 Å². The Morgan fingerprint density at radius 3 is 0.789 bits per heavy atom. The Balaban J connectivity index is 1.42. The molecule has 38 heavy (non-hydrogen) atoms. The fourth-order valence-electron chi connectivity index (χ4n) is 5.54. The summed E-state index contributed by atoms with van der Waals surface area (Å²) in [5.74, 6) is 1.03. The number of aromatic hydroxyl groups is 4. The van der Waals surface area contributed by atoms with Crippen molar-refractivity contribution in [2.45, 2.75) is 63.2 Å². The van der Waals surface area contributed by atoms with Crippen LogP contribution in [0.2, 0.25) is 0 Å². The summed E-state index contributed by atoms with van der Waals surface area (Å²) in [6.45, 7) is 4.47. The van der Waals surface area contributed by atoms with E-state index in [-0.39, 0.29) is 33.8 Å². The van der Waals surface area contributed by atoms with Crippen LogP contribution in [0.25, 0.3) is 0 Å². The van der Waals surface area contributed by atoms with E-state index in [1.165, 1.54) is 0 Å². The number of phenols is 4. The molecule has 0 bridgehead atoms. The van der Waals surface area contributed by atoms with Gasteiger partial charge in [-0.1, -0.05) is 88.1 Å². The average molecular weight is 511 g/mol. The predicted molar refractivity (Wildman–Crippen MR) is 153 cm³/mol. The summed E-state index contributed by atoms with van der Waals surface area (Å²) >= 11 is 0. The van der Waals surface area contributed by atoms with Crippen LogP contribution in [0.1, 0.15) is 74.6 Å². The number of hydrogen-bond acceptors (Lipinski definition) is 4. The van der Waals surface area contributed by atoms with Gasteiger partial charge in [0.1, 0.15) is 23.0 Å². The van der Waals surface area contributed by atoms with Crippen molar-refractivity contribution >= 4 is 0 Å². The van der Waals surface area contributed by atoms with Gasteiger partial charge in [0.15, 0.2) is 0 Å². The van der Waals surface area contributed by atoms with E-state index in [2.05, 4.69) is 13.8 Å². The van der Waals surface area contributed by atoms with Gasteiger partial charge in [-0.2, -0.15) is 0 Å². The monoisotopic (exact) mass is 510 g/mol. The quantitative estimate of drug-likeness (QED) is 0.153. The summed E-state index contributed by atoms with van der Waals surface area (Å²) in [4.78, 5) is 0. The molecule has 0 fully saturated rings. The highest BCUT2D eigenvalue weighted by molar-refractivity contribution is 5.43. The maximum Gasteiger partial charge on any atom is 0.115 e. The lowest BCUT2D eigenvalue weighted by atomic mass is 9.71. The second-order valence-corrected chi connectivity index (χ2v) is 10.8. The van der Waals surface area contributed by atoms with Crippen molar-refractivity contribution in [3.05, 3.63) is 119 Å². The van der Waals surface area contributed by atoms with Crippen molar-refractivity contribution in [1.82, 2.24) is 0 Å². The molecule has 0 saturated carbocycles. The van der Waals surface area contributed by atoms with Gasteiger partial charge in [-0.15, -0.1) is 0 Å². The second kappa shape index (κ2) is 11.6. The van der Waals surface area contributed by atoms with Gasteiger partial charge in [0, 0.05) is 10.8 Å². The maximum absolute atomic E-state index is 9.80. The van der Waals surface area contributed by atoms with Crippen LogP contribution in [0.15, 0.2) is 97.1 Å². The zero-order chi connectivity index (χ0) is 27.2. The average Bonchev–Trinajstić information content (AvgIpc) is 2.92. The SMILES string of the molecule is CC(CCCCCCC(C)(c1ccc(O)cc1)c1ccc(O)cc1)(c1ccc(O)cc1)c1ccc(O)cc1. The highest BCUT2D eigenvalue weighted by Crippen LogP contribution is 2.40. The molecule has 0 atom stereocenters. The normalized spacial score (nSPS) is 11.9. The molecule has 4 nitrogen and oxygen atoms in total. The predicted octanol–water partition coefficient (Wildman–Crippen LogP) is 8.16. The number of phenolic OH excluding ortho intramolecular Hbond substituents is 4. The highest BCUT2D eigenvalue weighted by Gasteiger charge is 2.30. The van der Waals surface area contributed by atoms with E-state index in [4.69, 9.17) is 0 Å². The van der Waals surface area contributed by atoms with E-state index < -0.39 is 0 Å². The first-order valence-electron chi connectivity index (χ1n) is 13.4. The topological polar surface area (TPSA) is 80.9 Å². The highest BCUT2D eigenvalue weighted by atomic mass is 16.3. The number of benzene rings is 4. The summed E-state index contributed by atoms with van der Waals surface area (Å²) in [5.41, 5.74) is 4.13. The van der Waals surface area contributed by atoms with E-state index in [1.54, 1.807) is 48.5 Å². The van der Waals surface area contributed by atoms with Gasteiger partial charge in [-0.3, -0.25) is 0 Å². The molecule has 0 aromatic heterocycles. The van der Waals surface area contributed by atoms with Crippen LogP contribution in [-0.4, -0.2) is 20.4 Å². The molecule has 0 heterocycles. The molecule has 4 heteroatoms. The minimum absolute atomic E-state index is 0.228. The Morgan fingerprint density at radius 1 is 0.368 bits per heavy atom. The van der Waals surface area contributed by atoms with Crippen molar-refractivity contribution < 1.29 is 20.4 Å². The van der Waals surface area contributed by atoms with E-state index >= 15 is 0 Å². The van der Waals surface area contributed by atoms with E-state index in [9.17, 15) is 20.4 Å². The summed E-state index contributed by atoms with van der Waals surface area (Å²) in [6, 6.07) is 29.8. The molecule has 198 valence electrons. The van der Waals surface area contributed by atoms with Crippen molar-refractivity contribution in [2.75, 3.05) is 0 Å². The number of rotatable bonds is 11. The molecule has 0 aliphatic rings. The van der Waals surface area contributed by atoms with Gasteiger partial charge in [-0.25, -0.2) is 0 Å². The zero-order valence-electron chi connectivity index (χ0n) is 22.3. The van der Waals surface area contributed by atoms with Gasteiger partial charge in [-0.05, 0) is 83.6 Å². The van der Waals surface area contributed by atoms with Crippen molar-refractivity contribution in [1.29, 1.82) is 0 Å². The smallest absolute Gasteiger partial charge is 0.115 e. The van der Waals surface area contributed by atoms with Gasteiger partial charge >= 0.3 is 0 Å². The molecule has 4 aromatic rings. The molecule has 0 saturated heterocycles. The maximum atomic E-state index is 9.80. The van der Waals surface area contributed by atoms with Gasteiger partial charge in [0.05, 0.1) is 0 Å². The van der Waals surface area contributed by atoms with E-state index in [1.807, 2.05) is 48.5 Å². The lowest BCUT2D eigenvalue weighted by Crippen LogP contribution is -2.24. The molecule has 0 aliphatic heterocycles. The van der Waals surface area contributed by atoms with Crippen molar-refractivity contribution in [3.8, 4) is 23.0 Å². The van der Waals surface area contributed by atoms with Crippen molar-refractivity contribution in [3.63, 3.8) is 0 Å². The standard InChI is InChI=1S/C34H38O4/c1-33(25-7-15-29(35)16-8-25,26-9-17-30(36)18-10-26)23-5-3-4-6-24-34(2,27-11-19-31(37)20-12-27)28-13-21-32(38)22-14-28/h7-22,35-38H,3-6,23-24H2,1-2H3. The van der Waals surface area contributed by atoms with Crippen LogP contribution in [0.3, 0.4) is 0 Å². The fraction of sp³-hybridized carbons (Fsp3) is 0.294. The number of unbranched alkanes of at least 4 members (excludes halogenated alkanes) is 3. The lowest BCUT2D eigenvalue weighted by Gasteiger charge is -2.32. The fourth-order valence-corrected chi connectivity index (χ4v) is 5.54. The third kappa shape index (κ3) is 6.13. The Hall–Kier alpha value is -3.92. The van der Waals surface area contributed by atoms with Gasteiger partial charge in [0.25, 0.3) is 0 Å². The zero-order valence-corrected chi connectivity index (χ0v) is 22.3. The molecule has 0 radical (unpaired) electrons. The first-order valence-corrected chi connectivity index (χ1v) is 13.4. The minimum Gasteiger partial charge on any atom is -0.508 e. The van der Waals surface area contributed by atoms with Gasteiger partial charge in [0.2, 0.25) is 0 Å². The Morgan fingerprint density at radius 2 is 0.579 bits per heavy atom. The van der Waals surface area contributed by atoms with Crippen LogP contribution < -0.4 is 0 Å². The molecular formula is C34H38O4. The molecule has 0 amide bonds. The first-order chi connectivity index (χ1) is 18.2. The Labute approximate surface area is 225 Å². The Bertz CT molecular complexity index is 1090. The molecular weight excluding hydrogens is 472 g/mol. The molecule has 4 aromatic carbocycles. The molecule has 0 spiro atoms. The molecule has 0 aliphatic carbocycles. The minimum atomic E-state index is -0.228. The molecule has 0 unspecified atom stereocenters. The second-order valence-electron chi connectivity index (χ2n) is 10.8. The van der Waals surface area contributed by atoms with Crippen LogP contribution in [0.4, 0.5) is 0 Å². The molecule has 4 N–H and O–H groups in total. The summed E-state index contributed by atoms with van der Waals surface area (Å²) in [5, 5.41) is 39.2. The van der Waals surface area contributed by atoms with E-state index in [0.29, 0.717) is 0 Å². The third-order valence-corrected chi connectivity index (χ3v) is 8.12. The summed E-state index contributed by atoms with van der Waals surface area (Å²) in [7, 11) is 0. The molecule has 4 rings (SSSR count). The summed E-state index contributed by atoms with van der Waals surface area (Å²) in [6.07, 6.45) is 6.19.